The molecule has 1 aliphatic heterocycles. The van der Waals surface area contributed by atoms with E-state index in [2.05, 4.69) is 5.32 Å². The predicted molar refractivity (Wildman–Crippen MR) is 45.1 cm³/mol. The fraction of sp³-hybridized carbons (Fsp3) is 0.875. The highest BCUT2D eigenvalue weighted by Gasteiger charge is 2.24. The highest BCUT2D eigenvalue weighted by Crippen LogP contribution is 2.04. The molecule has 0 saturated carbocycles. The van der Waals surface area contributed by atoms with Crippen molar-refractivity contribution in [3.05, 3.63) is 0 Å². The lowest BCUT2D eigenvalue weighted by molar-refractivity contribution is 0.0847. The summed E-state index contributed by atoms with van der Waals surface area (Å²) < 4.78 is 4.90. The molecule has 4 nitrogen and oxygen atoms in total. The van der Waals surface area contributed by atoms with E-state index in [4.69, 9.17) is 4.74 Å². The van der Waals surface area contributed by atoms with E-state index >= 15 is 0 Å². The summed E-state index contributed by atoms with van der Waals surface area (Å²) >= 11 is 0. The predicted octanol–water partition coefficient (Wildman–Crippen LogP) is 0.451. The van der Waals surface area contributed by atoms with E-state index in [9.17, 15) is 4.79 Å². The van der Waals surface area contributed by atoms with Crippen LogP contribution in [0.3, 0.4) is 0 Å². The normalized spacial score (nSPS) is 23.8. The molecule has 1 aliphatic rings. The molecule has 1 radical (unpaired) electrons. The first-order valence-electron chi connectivity index (χ1n) is 4.32. The molecule has 1 amide bonds. The van der Waals surface area contributed by atoms with E-state index in [-0.39, 0.29) is 12.1 Å². The Morgan fingerprint density at radius 2 is 2.50 bits per heavy atom. The van der Waals surface area contributed by atoms with E-state index < -0.39 is 0 Å². The van der Waals surface area contributed by atoms with E-state index in [1.807, 2.05) is 13.8 Å². The lowest BCUT2D eigenvalue weighted by Crippen LogP contribution is -2.50. The van der Waals surface area contributed by atoms with Gasteiger partial charge in [0.25, 0.3) is 0 Å². The maximum atomic E-state index is 11.3. The largest absolute Gasteiger partial charge is 0.450 e. The smallest absolute Gasteiger partial charge is 0.410 e. The summed E-state index contributed by atoms with van der Waals surface area (Å²) in [4.78, 5) is 13.0. The Balaban J connectivity index is 2.42. The van der Waals surface area contributed by atoms with Crippen LogP contribution in [-0.4, -0.2) is 43.3 Å². The summed E-state index contributed by atoms with van der Waals surface area (Å²) in [5, 5.41) is 4.20. The third-order valence-corrected chi connectivity index (χ3v) is 1.93. The number of carbonyl (C=O) groups is 1. The van der Waals surface area contributed by atoms with Crippen LogP contribution in [0.15, 0.2) is 0 Å². The van der Waals surface area contributed by atoms with Crippen LogP contribution in [0.2, 0.25) is 0 Å². The first-order valence-corrected chi connectivity index (χ1v) is 4.32. The van der Waals surface area contributed by atoms with Gasteiger partial charge in [0.1, 0.15) is 0 Å². The van der Waals surface area contributed by atoms with Gasteiger partial charge in [-0.15, -0.1) is 0 Å². The van der Waals surface area contributed by atoms with Gasteiger partial charge < -0.3 is 9.64 Å². The minimum absolute atomic E-state index is 0.192. The molecule has 0 N–H and O–H groups in total. The Kier molecular flexibility index (Phi) is 3.34. The van der Waals surface area contributed by atoms with Crippen LogP contribution in [0.4, 0.5) is 4.79 Å². The minimum atomic E-state index is -0.208. The second-order valence-corrected chi connectivity index (χ2v) is 2.87. The SMILES string of the molecule is CCOC(=O)N1CC[N]CC1C. The molecule has 1 atom stereocenters. The first kappa shape index (κ1) is 9.32. The Hall–Kier alpha value is -0.770. The van der Waals surface area contributed by atoms with Gasteiger partial charge in [-0.1, -0.05) is 0 Å². The fourth-order valence-corrected chi connectivity index (χ4v) is 1.25. The molecule has 0 aliphatic carbocycles. The van der Waals surface area contributed by atoms with Crippen molar-refractivity contribution in [3.8, 4) is 0 Å². The second kappa shape index (κ2) is 4.30. The quantitative estimate of drug-likeness (QED) is 0.575. The van der Waals surface area contributed by atoms with Gasteiger partial charge in [0.15, 0.2) is 0 Å². The summed E-state index contributed by atoms with van der Waals surface area (Å²) in [6.45, 7) is 6.41. The molecule has 1 rings (SSSR count). The topological polar surface area (TPSA) is 43.6 Å². The Labute approximate surface area is 72.9 Å². The number of piperazine rings is 1. The number of hydrogen-bond acceptors (Lipinski definition) is 2. The average Bonchev–Trinajstić information content (AvgIpc) is 2.05. The molecule has 0 aromatic carbocycles. The number of carbonyl (C=O) groups excluding carboxylic acids is 1. The van der Waals surface area contributed by atoms with Gasteiger partial charge >= 0.3 is 6.09 Å². The maximum absolute atomic E-state index is 11.3. The molecule has 1 heterocycles. The number of amides is 1. The van der Waals surface area contributed by atoms with E-state index in [0.717, 1.165) is 13.1 Å². The van der Waals surface area contributed by atoms with Crippen LogP contribution in [0.25, 0.3) is 0 Å². The molecular formula is C8H15N2O2. The zero-order chi connectivity index (χ0) is 8.97. The summed E-state index contributed by atoms with van der Waals surface area (Å²) in [6, 6.07) is 0.192. The lowest BCUT2D eigenvalue weighted by Gasteiger charge is -2.31. The van der Waals surface area contributed by atoms with Gasteiger partial charge in [0.2, 0.25) is 0 Å². The molecule has 0 aromatic heterocycles. The number of hydrogen-bond donors (Lipinski definition) is 0. The van der Waals surface area contributed by atoms with Gasteiger partial charge in [-0.2, -0.15) is 0 Å². The van der Waals surface area contributed by atoms with Crippen molar-refractivity contribution < 1.29 is 9.53 Å². The van der Waals surface area contributed by atoms with Crippen molar-refractivity contribution in [2.75, 3.05) is 26.2 Å². The average molecular weight is 171 g/mol. The molecular weight excluding hydrogens is 156 g/mol. The lowest BCUT2D eigenvalue weighted by atomic mass is 10.2. The van der Waals surface area contributed by atoms with Crippen LogP contribution >= 0.6 is 0 Å². The van der Waals surface area contributed by atoms with Crippen LogP contribution in [0.5, 0.6) is 0 Å². The van der Waals surface area contributed by atoms with Crippen molar-refractivity contribution in [1.82, 2.24) is 10.2 Å². The second-order valence-electron chi connectivity index (χ2n) is 2.87. The monoisotopic (exact) mass is 171 g/mol. The summed E-state index contributed by atoms with van der Waals surface area (Å²) in [5.41, 5.74) is 0. The molecule has 0 bridgehead atoms. The van der Waals surface area contributed by atoms with E-state index in [0.29, 0.717) is 13.2 Å². The highest BCUT2D eigenvalue weighted by molar-refractivity contribution is 5.68. The molecule has 1 unspecified atom stereocenters. The maximum Gasteiger partial charge on any atom is 0.410 e. The zero-order valence-corrected chi connectivity index (χ0v) is 7.62. The van der Waals surface area contributed by atoms with Crippen molar-refractivity contribution in [1.29, 1.82) is 0 Å². The van der Waals surface area contributed by atoms with Crippen LogP contribution < -0.4 is 5.32 Å². The molecule has 12 heavy (non-hydrogen) atoms. The van der Waals surface area contributed by atoms with E-state index in [1.165, 1.54) is 0 Å². The Morgan fingerprint density at radius 1 is 1.75 bits per heavy atom. The van der Waals surface area contributed by atoms with Gasteiger partial charge in [0.05, 0.1) is 6.61 Å². The van der Waals surface area contributed by atoms with Gasteiger partial charge in [-0.25, -0.2) is 10.1 Å². The summed E-state index contributed by atoms with van der Waals surface area (Å²) in [6.07, 6.45) is -0.208. The molecule has 1 saturated heterocycles. The molecule has 0 spiro atoms. The highest BCUT2D eigenvalue weighted by atomic mass is 16.6. The number of ether oxygens (including phenoxy) is 1. The first-order chi connectivity index (χ1) is 5.75. The molecule has 1 fully saturated rings. The fourth-order valence-electron chi connectivity index (χ4n) is 1.25. The van der Waals surface area contributed by atoms with Crippen LogP contribution in [-0.2, 0) is 4.74 Å². The van der Waals surface area contributed by atoms with Crippen molar-refractivity contribution >= 4 is 6.09 Å². The van der Waals surface area contributed by atoms with Crippen molar-refractivity contribution in [2.45, 2.75) is 19.9 Å². The molecule has 0 aromatic rings. The number of nitrogens with zero attached hydrogens (tertiary/aromatic N) is 2. The van der Waals surface area contributed by atoms with Crippen LogP contribution in [0.1, 0.15) is 13.8 Å². The van der Waals surface area contributed by atoms with E-state index in [1.54, 1.807) is 4.90 Å². The van der Waals surface area contributed by atoms with Gasteiger partial charge in [0, 0.05) is 25.7 Å². The third kappa shape index (κ3) is 2.11. The minimum Gasteiger partial charge on any atom is -0.450 e. The van der Waals surface area contributed by atoms with Crippen molar-refractivity contribution in [2.24, 2.45) is 0 Å². The van der Waals surface area contributed by atoms with Gasteiger partial charge in [-0.3, -0.25) is 0 Å². The molecule has 4 heteroatoms. The van der Waals surface area contributed by atoms with Crippen LogP contribution in [0, 0.1) is 0 Å². The van der Waals surface area contributed by atoms with Gasteiger partial charge in [-0.05, 0) is 13.8 Å². The summed E-state index contributed by atoms with van der Waals surface area (Å²) in [5.74, 6) is 0. The molecule has 69 valence electrons. The Morgan fingerprint density at radius 3 is 3.08 bits per heavy atom. The number of rotatable bonds is 1. The Bertz CT molecular complexity index is 161. The van der Waals surface area contributed by atoms with Crippen molar-refractivity contribution in [3.63, 3.8) is 0 Å². The summed E-state index contributed by atoms with van der Waals surface area (Å²) in [7, 11) is 0. The third-order valence-electron chi connectivity index (χ3n) is 1.93. The zero-order valence-electron chi connectivity index (χ0n) is 7.62. The standard InChI is InChI=1S/C8H15N2O2/c1-3-12-8(11)10-5-4-9-6-7(10)2/h7H,3-6H2,1-2H3.